The molecule has 0 radical (unpaired) electrons. The minimum absolute atomic E-state index is 0.246. The molecule has 0 aromatic carbocycles. The van der Waals surface area contributed by atoms with Crippen LogP contribution in [0.3, 0.4) is 0 Å². The van der Waals surface area contributed by atoms with E-state index in [1.54, 1.807) is 0 Å². The monoisotopic (exact) mass is 345 g/mol. The van der Waals surface area contributed by atoms with E-state index in [2.05, 4.69) is 17.2 Å². The normalized spacial score (nSPS) is 18.5. The summed E-state index contributed by atoms with van der Waals surface area (Å²) in [4.78, 5) is 5.91. The highest BCUT2D eigenvalue weighted by atomic mass is 19.4. The van der Waals surface area contributed by atoms with Gasteiger partial charge in [-0.25, -0.2) is 4.98 Å². The molecule has 1 aromatic heterocycles. The van der Waals surface area contributed by atoms with Crippen LogP contribution in [-0.2, 0) is 6.54 Å². The van der Waals surface area contributed by atoms with E-state index >= 15 is 0 Å². The third kappa shape index (κ3) is 6.28. The topological polar surface area (TPSA) is 37.4 Å². The van der Waals surface area contributed by atoms with Crippen molar-refractivity contribution in [2.45, 2.75) is 45.5 Å². The maximum absolute atomic E-state index is 12.4. The Kier molecular flexibility index (Phi) is 6.86. The molecule has 0 spiro atoms. The number of hydrogen-bond acceptors (Lipinski definition) is 4. The lowest BCUT2D eigenvalue weighted by atomic mass is 9.90. The van der Waals surface area contributed by atoms with E-state index in [0.29, 0.717) is 38.0 Å². The molecule has 0 bridgehead atoms. The quantitative estimate of drug-likeness (QED) is 0.823. The first-order valence-corrected chi connectivity index (χ1v) is 8.48. The molecule has 1 aliphatic heterocycles. The number of likely N-dealkylation sites (tertiary alicyclic amines) is 1. The maximum Gasteiger partial charge on any atom is 0.401 e. The summed E-state index contributed by atoms with van der Waals surface area (Å²) < 4.78 is 42.6. The number of piperidine rings is 1. The molecule has 24 heavy (non-hydrogen) atoms. The molecule has 1 aliphatic rings. The standard InChI is InChI=1S/C17H26F3N3O/c1-3-24-16-6-4-5-15(22-16)11-21-13(2)14-7-9-23(10-8-14)12-17(18,19)20/h4-6,13-14,21H,3,7-12H2,1-2H3/t13-/m0/s1. The number of ether oxygens (including phenoxy) is 1. The number of alkyl halides is 3. The summed E-state index contributed by atoms with van der Waals surface area (Å²) in [5.41, 5.74) is 0.905. The molecular formula is C17H26F3N3O. The van der Waals surface area contributed by atoms with E-state index in [0.717, 1.165) is 18.5 Å². The van der Waals surface area contributed by atoms with Crippen LogP contribution in [0.1, 0.15) is 32.4 Å². The van der Waals surface area contributed by atoms with E-state index in [9.17, 15) is 13.2 Å². The van der Waals surface area contributed by atoms with Gasteiger partial charge in [-0.1, -0.05) is 6.07 Å². The fourth-order valence-electron chi connectivity index (χ4n) is 3.08. The zero-order valence-electron chi connectivity index (χ0n) is 14.3. The van der Waals surface area contributed by atoms with Crippen molar-refractivity contribution in [1.82, 2.24) is 15.2 Å². The number of rotatable bonds is 7. The van der Waals surface area contributed by atoms with Crippen molar-refractivity contribution in [3.63, 3.8) is 0 Å². The summed E-state index contributed by atoms with van der Waals surface area (Å²) in [6.45, 7) is 5.44. The lowest BCUT2D eigenvalue weighted by Gasteiger charge is -2.35. The number of nitrogens with zero attached hydrogens (tertiary/aromatic N) is 2. The molecule has 7 heteroatoms. The fraction of sp³-hybridized carbons (Fsp3) is 0.706. The summed E-state index contributed by atoms with van der Waals surface area (Å²) in [5.74, 6) is 1.01. The average molecular weight is 345 g/mol. The van der Waals surface area contributed by atoms with Gasteiger partial charge in [0.05, 0.1) is 18.8 Å². The summed E-state index contributed by atoms with van der Waals surface area (Å²) in [5, 5.41) is 3.44. The first kappa shape index (κ1) is 19.0. The summed E-state index contributed by atoms with van der Waals surface area (Å²) in [7, 11) is 0. The Hall–Kier alpha value is -1.34. The third-order valence-electron chi connectivity index (χ3n) is 4.42. The molecule has 1 N–H and O–H groups in total. The number of nitrogens with one attached hydrogen (secondary N) is 1. The molecular weight excluding hydrogens is 319 g/mol. The van der Waals surface area contributed by atoms with Crippen molar-refractivity contribution in [2.75, 3.05) is 26.2 Å². The maximum atomic E-state index is 12.4. The lowest BCUT2D eigenvalue weighted by Crippen LogP contribution is -2.44. The van der Waals surface area contributed by atoms with Gasteiger partial charge in [0.1, 0.15) is 0 Å². The SMILES string of the molecule is CCOc1cccc(CN[C@@H](C)C2CCN(CC(F)(F)F)CC2)n1. The van der Waals surface area contributed by atoms with Gasteiger partial charge in [0.25, 0.3) is 0 Å². The van der Waals surface area contributed by atoms with Crippen LogP contribution in [-0.4, -0.2) is 48.3 Å². The molecule has 4 nitrogen and oxygen atoms in total. The Balaban J connectivity index is 1.75. The molecule has 1 fully saturated rings. The molecule has 1 saturated heterocycles. The van der Waals surface area contributed by atoms with Gasteiger partial charge in [-0.05, 0) is 51.8 Å². The lowest BCUT2D eigenvalue weighted by molar-refractivity contribution is -0.148. The molecule has 1 atom stereocenters. The second kappa shape index (κ2) is 8.67. The highest BCUT2D eigenvalue weighted by Crippen LogP contribution is 2.24. The summed E-state index contributed by atoms with van der Waals surface area (Å²) in [6.07, 6.45) is -2.53. The summed E-state index contributed by atoms with van der Waals surface area (Å²) >= 11 is 0. The van der Waals surface area contributed by atoms with Gasteiger partial charge >= 0.3 is 6.18 Å². The molecule has 2 rings (SSSR count). The number of hydrogen-bond donors (Lipinski definition) is 1. The minimum Gasteiger partial charge on any atom is -0.478 e. The fourth-order valence-corrected chi connectivity index (χ4v) is 3.08. The molecule has 2 heterocycles. The zero-order valence-corrected chi connectivity index (χ0v) is 14.3. The van der Waals surface area contributed by atoms with Gasteiger partial charge in [0, 0.05) is 18.7 Å². The van der Waals surface area contributed by atoms with Gasteiger partial charge in [0.15, 0.2) is 0 Å². The van der Waals surface area contributed by atoms with Crippen LogP contribution in [0, 0.1) is 5.92 Å². The summed E-state index contributed by atoms with van der Waals surface area (Å²) in [6, 6.07) is 5.92. The Morgan fingerprint density at radius 1 is 1.33 bits per heavy atom. The second-order valence-electron chi connectivity index (χ2n) is 6.30. The number of pyridine rings is 1. The molecule has 1 aromatic rings. The van der Waals surface area contributed by atoms with Crippen LogP contribution in [0.25, 0.3) is 0 Å². The van der Waals surface area contributed by atoms with Crippen LogP contribution in [0.2, 0.25) is 0 Å². The van der Waals surface area contributed by atoms with Gasteiger partial charge in [-0.15, -0.1) is 0 Å². The molecule has 0 unspecified atom stereocenters. The van der Waals surface area contributed by atoms with Gasteiger partial charge in [-0.2, -0.15) is 13.2 Å². The van der Waals surface area contributed by atoms with E-state index < -0.39 is 12.7 Å². The molecule has 0 saturated carbocycles. The molecule has 0 aliphatic carbocycles. The Bertz CT molecular complexity index is 502. The first-order valence-electron chi connectivity index (χ1n) is 8.48. The zero-order chi connectivity index (χ0) is 17.6. The van der Waals surface area contributed by atoms with Crippen molar-refractivity contribution in [3.05, 3.63) is 23.9 Å². The smallest absolute Gasteiger partial charge is 0.401 e. The van der Waals surface area contributed by atoms with E-state index in [1.165, 1.54) is 4.90 Å². The van der Waals surface area contributed by atoms with E-state index in [-0.39, 0.29) is 6.04 Å². The largest absolute Gasteiger partial charge is 0.478 e. The van der Waals surface area contributed by atoms with Crippen LogP contribution in [0.4, 0.5) is 13.2 Å². The Morgan fingerprint density at radius 3 is 2.67 bits per heavy atom. The van der Waals surface area contributed by atoms with Crippen LogP contribution in [0.15, 0.2) is 18.2 Å². The van der Waals surface area contributed by atoms with E-state index in [4.69, 9.17) is 4.74 Å². The van der Waals surface area contributed by atoms with Gasteiger partial charge in [0.2, 0.25) is 5.88 Å². The number of aromatic nitrogens is 1. The second-order valence-corrected chi connectivity index (χ2v) is 6.30. The predicted molar refractivity (Wildman–Crippen MR) is 86.9 cm³/mol. The predicted octanol–water partition coefficient (Wildman–Crippen LogP) is 3.23. The van der Waals surface area contributed by atoms with Crippen LogP contribution in [0.5, 0.6) is 5.88 Å². The van der Waals surface area contributed by atoms with Gasteiger partial charge in [-0.3, -0.25) is 4.90 Å². The highest BCUT2D eigenvalue weighted by molar-refractivity contribution is 5.15. The van der Waals surface area contributed by atoms with Crippen molar-refractivity contribution in [2.24, 2.45) is 5.92 Å². The van der Waals surface area contributed by atoms with E-state index in [1.807, 2.05) is 25.1 Å². The van der Waals surface area contributed by atoms with Crippen molar-refractivity contribution in [1.29, 1.82) is 0 Å². The number of halogens is 3. The van der Waals surface area contributed by atoms with Crippen molar-refractivity contribution in [3.8, 4) is 5.88 Å². The average Bonchev–Trinajstić information content (AvgIpc) is 2.52. The highest BCUT2D eigenvalue weighted by Gasteiger charge is 2.33. The molecule has 136 valence electrons. The first-order chi connectivity index (χ1) is 11.4. The van der Waals surface area contributed by atoms with Crippen molar-refractivity contribution < 1.29 is 17.9 Å². The van der Waals surface area contributed by atoms with Gasteiger partial charge < -0.3 is 10.1 Å². The molecule has 0 amide bonds. The van der Waals surface area contributed by atoms with Crippen LogP contribution >= 0.6 is 0 Å². The van der Waals surface area contributed by atoms with Crippen LogP contribution < -0.4 is 10.1 Å². The Labute approximate surface area is 141 Å². The minimum atomic E-state index is -4.10. The third-order valence-corrected chi connectivity index (χ3v) is 4.42. The Morgan fingerprint density at radius 2 is 2.04 bits per heavy atom. The van der Waals surface area contributed by atoms with Crippen molar-refractivity contribution >= 4 is 0 Å².